The molecule has 0 atom stereocenters. The van der Waals surface area contributed by atoms with Crippen LogP contribution in [0, 0.1) is 5.92 Å². The van der Waals surface area contributed by atoms with E-state index < -0.39 is 0 Å². The van der Waals surface area contributed by atoms with E-state index in [0.29, 0.717) is 0 Å². The zero-order valence-electron chi connectivity index (χ0n) is 13.0. The molecule has 0 aliphatic heterocycles. The van der Waals surface area contributed by atoms with E-state index in [4.69, 9.17) is 4.74 Å². The Balaban J connectivity index is 2.06. The Labute approximate surface area is 124 Å². The van der Waals surface area contributed by atoms with Gasteiger partial charge >= 0.3 is 0 Å². The number of allylic oxidation sites excluding steroid dienone is 1. The molecule has 1 fully saturated rings. The molecule has 0 saturated heterocycles. The highest BCUT2D eigenvalue weighted by Gasteiger charge is 2.22. The van der Waals surface area contributed by atoms with Gasteiger partial charge in [0.2, 0.25) is 0 Å². The van der Waals surface area contributed by atoms with Gasteiger partial charge in [-0.15, -0.1) is 6.58 Å². The fraction of sp³-hybridized carbons (Fsp3) is 0.579. The van der Waals surface area contributed by atoms with Crippen molar-refractivity contribution in [3.63, 3.8) is 0 Å². The third-order valence-electron chi connectivity index (χ3n) is 4.64. The van der Waals surface area contributed by atoms with Crippen LogP contribution in [0.5, 0.6) is 5.75 Å². The molecule has 0 radical (unpaired) electrons. The second kappa shape index (κ2) is 7.52. The summed E-state index contributed by atoms with van der Waals surface area (Å²) >= 11 is 0. The molecule has 0 unspecified atom stereocenters. The molecule has 0 amide bonds. The summed E-state index contributed by atoms with van der Waals surface area (Å²) < 4.78 is 5.48. The first kappa shape index (κ1) is 15.2. The predicted molar refractivity (Wildman–Crippen MR) is 86.5 cm³/mol. The first-order valence-corrected chi connectivity index (χ1v) is 8.06. The molecule has 0 aromatic heterocycles. The number of benzene rings is 1. The molecule has 0 spiro atoms. The summed E-state index contributed by atoms with van der Waals surface area (Å²) in [6.07, 6.45) is 10.9. The van der Waals surface area contributed by atoms with Gasteiger partial charge in [-0.2, -0.15) is 0 Å². The molecular formula is C19H28O. The fourth-order valence-corrected chi connectivity index (χ4v) is 3.48. The van der Waals surface area contributed by atoms with E-state index in [1.54, 1.807) is 7.11 Å². The van der Waals surface area contributed by atoms with Gasteiger partial charge in [-0.3, -0.25) is 0 Å². The Hall–Kier alpha value is -1.24. The molecule has 0 N–H and O–H groups in total. The Morgan fingerprint density at radius 2 is 2.00 bits per heavy atom. The van der Waals surface area contributed by atoms with E-state index in [2.05, 4.69) is 37.8 Å². The van der Waals surface area contributed by atoms with Gasteiger partial charge in [0.25, 0.3) is 0 Å². The largest absolute Gasteiger partial charge is 0.496 e. The standard InChI is InChI=1S/C19H28O/c1-4-6-15-8-10-16(11-9-15)17-12-13-19(20-3)18(14-17)7-5-2/h4,12-16H,1,5-11H2,2-3H3. The summed E-state index contributed by atoms with van der Waals surface area (Å²) in [6.45, 7) is 6.10. The van der Waals surface area contributed by atoms with Crippen LogP contribution in [0.3, 0.4) is 0 Å². The monoisotopic (exact) mass is 272 g/mol. The number of ether oxygens (including phenoxy) is 1. The fourth-order valence-electron chi connectivity index (χ4n) is 3.48. The van der Waals surface area contributed by atoms with Crippen molar-refractivity contribution in [3.8, 4) is 5.75 Å². The highest BCUT2D eigenvalue weighted by Crippen LogP contribution is 2.38. The Morgan fingerprint density at radius 1 is 1.25 bits per heavy atom. The molecule has 1 heteroatoms. The van der Waals surface area contributed by atoms with Gasteiger partial charge in [0, 0.05) is 0 Å². The molecule has 1 aromatic carbocycles. The minimum Gasteiger partial charge on any atom is -0.496 e. The summed E-state index contributed by atoms with van der Waals surface area (Å²) in [5.41, 5.74) is 2.90. The van der Waals surface area contributed by atoms with Crippen molar-refractivity contribution in [2.45, 2.75) is 57.8 Å². The van der Waals surface area contributed by atoms with E-state index in [1.165, 1.54) is 49.7 Å². The first-order chi connectivity index (χ1) is 9.78. The average Bonchev–Trinajstić information content (AvgIpc) is 2.49. The van der Waals surface area contributed by atoms with Gasteiger partial charge in [0.1, 0.15) is 5.75 Å². The van der Waals surface area contributed by atoms with Crippen LogP contribution in [-0.4, -0.2) is 7.11 Å². The van der Waals surface area contributed by atoms with Crippen molar-refractivity contribution in [1.29, 1.82) is 0 Å². The lowest BCUT2D eigenvalue weighted by atomic mass is 9.77. The molecular weight excluding hydrogens is 244 g/mol. The summed E-state index contributed by atoms with van der Waals surface area (Å²) in [4.78, 5) is 0. The van der Waals surface area contributed by atoms with Crippen LogP contribution in [0.4, 0.5) is 0 Å². The maximum atomic E-state index is 5.48. The number of methoxy groups -OCH3 is 1. The molecule has 0 bridgehead atoms. The molecule has 1 aromatic rings. The molecule has 1 aliphatic rings. The van der Waals surface area contributed by atoms with Crippen LogP contribution in [0.1, 0.15) is 62.5 Å². The highest BCUT2D eigenvalue weighted by atomic mass is 16.5. The summed E-state index contributed by atoms with van der Waals surface area (Å²) in [5.74, 6) is 2.67. The Kier molecular flexibility index (Phi) is 5.70. The van der Waals surface area contributed by atoms with Crippen LogP contribution in [-0.2, 0) is 6.42 Å². The lowest BCUT2D eigenvalue weighted by molar-refractivity contribution is 0.328. The molecule has 1 aliphatic carbocycles. The van der Waals surface area contributed by atoms with Gasteiger partial charge < -0.3 is 4.74 Å². The quantitative estimate of drug-likeness (QED) is 0.621. The molecule has 1 saturated carbocycles. The van der Waals surface area contributed by atoms with Crippen molar-refractivity contribution in [1.82, 2.24) is 0 Å². The highest BCUT2D eigenvalue weighted by molar-refractivity contribution is 5.39. The maximum absolute atomic E-state index is 5.48. The normalized spacial score (nSPS) is 22.5. The van der Waals surface area contributed by atoms with Crippen molar-refractivity contribution < 1.29 is 4.74 Å². The molecule has 20 heavy (non-hydrogen) atoms. The van der Waals surface area contributed by atoms with Crippen LogP contribution >= 0.6 is 0 Å². The van der Waals surface area contributed by atoms with Gasteiger partial charge in [0.15, 0.2) is 0 Å². The smallest absolute Gasteiger partial charge is 0.122 e. The lowest BCUT2D eigenvalue weighted by Crippen LogP contribution is -2.13. The van der Waals surface area contributed by atoms with Gasteiger partial charge in [0.05, 0.1) is 7.11 Å². The molecule has 0 heterocycles. The summed E-state index contributed by atoms with van der Waals surface area (Å²) in [7, 11) is 1.77. The van der Waals surface area contributed by atoms with Crippen molar-refractivity contribution >= 4 is 0 Å². The van der Waals surface area contributed by atoms with Crippen LogP contribution in [0.2, 0.25) is 0 Å². The summed E-state index contributed by atoms with van der Waals surface area (Å²) in [6, 6.07) is 6.83. The number of hydrogen-bond acceptors (Lipinski definition) is 1. The van der Waals surface area contributed by atoms with Crippen molar-refractivity contribution in [3.05, 3.63) is 42.0 Å². The minimum atomic E-state index is 0.748. The maximum Gasteiger partial charge on any atom is 0.122 e. The third-order valence-corrected chi connectivity index (χ3v) is 4.64. The van der Waals surface area contributed by atoms with E-state index >= 15 is 0 Å². The molecule has 110 valence electrons. The Bertz CT molecular complexity index is 427. The van der Waals surface area contributed by atoms with Gasteiger partial charge in [-0.05, 0) is 67.6 Å². The van der Waals surface area contributed by atoms with E-state index in [0.717, 1.165) is 24.0 Å². The SMILES string of the molecule is C=CCC1CCC(c2ccc(OC)c(CCC)c2)CC1. The lowest BCUT2D eigenvalue weighted by Gasteiger charge is -2.28. The average molecular weight is 272 g/mol. The second-order valence-corrected chi connectivity index (χ2v) is 6.06. The second-order valence-electron chi connectivity index (χ2n) is 6.06. The minimum absolute atomic E-state index is 0.748. The number of aryl methyl sites for hydroxylation is 1. The summed E-state index contributed by atoms with van der Waals surface area (Å²) in [5, 5.41) is 0. The van der Waals surface area contributed by atoms with Crippen LogP contribution < -0.4 is 4.74 Å². The number of rotatable bonds is 6. The van der Waals surface area contributed by atoms with E-state index in [1.807, 2.05) is 0 Å². The molecule has 2 rings (SSSR count). The van der Waals surface area contributed by atoms with E-state index in [9.17, 15) is 0 Å². The zero-order valence-corrected chi connectivity index (χ0v) is 13.0. The zero-order chi connectivity index (χ0) is 14.4. The third kappa shape index (κ3) is 3.65. The van der Waals surface area contributed by atoms with Crippen LogP contribution in [0.15, 0.2) is 30.9 Å². The Morgan fingerprint density at radius 3 is 2.60 bits per heavy atom. The van der Waals surface area contributed by atoms with Crippen molar-refractivity contribution in [2.75, 3.05) is 7.11 Å². The number of hydrogen-bond donors (Lipinski definition) is 0. The van der Waals surface area contributed by atoms with Crippen molar-refractivity contribution in [2.24, 2.45) is 5.92 Å². The predicted octanol–water partition coefficient (Wildman–Crippen LogP) is 5.50. The van der Waals surface area contributed by atoms with E-state index in [-0.39, 0.29) is 0 Å². The molecule has 1 nitrogen and oxygen atoms in total. The van der Waals surface area contributed by atoms with Gasteiger partial charge in [-0.1, -0.05) is 31.6 Å². The van der Waals surface area contributed by atoms with Gasteiger partial charge in [-0.25, -0.2) is 0 Å². The van der Waals surface area contributed by atoms with Crippen LogP contribution in [0.25, 0.3) is 0 Å². The first-order valence-electron chi connectivity index (χ1n) is 8.06. The topological polar surface area (TPSA) is 9.23 Å².